The monoisotopic (exact) mass is 302 g/mol. The van der Waals surface area contributed by atoms with Crippen molar-refractivity contribution in [3.63, 3.8) is 0 Å². The third-order valence-electron chi connectivity index (χ3n) is 1.03. The van der Waals surface area contributed by atoms with E-state index in [9.17, 15) is 9.59 Å². The molecule has 0 spiro atoms. The third-order valence-corrected chi connectivity index (χ3v) is 5.30. The first-order valence-electron chi connectivity index (χ1n) is 4.63. The fourth-order valence-corrected chi connectivity index (χ4v) is 4.36. The summed E-state index contributed by atoms with van der Waals surface area (Å²) in [5.74, 6) is 1.56. The SMILES string of the molecule is CCOC(=O)SSCCSSC(=O)OCC. The predicted molar refractivity (Wildman–Crippen MR) is 74.1 cm³/mol. The topological polar surface area (TPSA) is 52.6 Å². The van der Waals surface area contributed by atoms with Crippen molar-refractivity contribution in [3.8, 4) is 0 Å². The maximum Gasteiger partial charge on any atom is 0.378 e. The molecule has 8 heteroatoms. The molecular formula is C8H14O4S4. The molecule has 0 rings (SSSR count). The molecule has 0 unspecified atom stereocenters. The van der Waals surface area contributed by atoms with Gasteiger partial charge in [0, 0.05) is 33.1 Å². The fourth-order valence-electron chi connectivity index (χ4n) is 0.531. The molecule has 0 aliphatic heterocycles. The molecule has 0 saturated carbocycles. The second-order valence-electron chi connectivity index (χ2n) is 2.18. The molecule has 0 N–H and O–H groups in total. The van der Waals surface area contributed by atoms with Crippen LogP contribution in [-0.4, -0.2) is 35.3 Å². The standard InChI is InChI=1S/C8H14O4S4/c1-3-11-7(9)15-13-5-6-14-16-8(10)12-4-2/h3-6H2,1-2H3. The normalized spacial score (nSPS) is 9.88. The molecule has 0 bridgehead atoms. The van der Waals surface area contributed by atoms with E-state index in [4.69, 9.17) is 9.47 Å². The van der Waals surface area contributed by atoms with Crippen LogP contribution < -0.4 is 0 Å². The summed E-state index contributed by atoms with van der Waals surface area (Å²) in [7, 11) is 5.02. The quantitative estimate of drug-likeness (QED) is 0.396. The van der Waals surface area contributed by atoms with Gasteiger partial charge in [-0.1, -0.05) is 21.6 Å². The van der Waals surface area contributed by atoms with Gasteiger partial charge in [-0.3, -0.25) is 0 Å². The van der Waals surface area contributed by atoms with E-state index in [1.807, 2.05) is 0 Å². The van der Waals surface area contributed by atoms with Gasteiger partial charge < -0.3 is 9.47 Å². The maximum absolute atomic E-state index is 10.9. The van der Waals surface area contributed by atoms with Gasteiger partial charge in [-0.05, 0) is 13.8 Å². The molecule has 0 aliphatic carbocycles. The van der Waals surface area contributed by atoms with Crippen LogP contribution in [0.5, 0.6) is 0 Å². The predicted octanol–water partition coefficient (Wildman–Crippen LogP) is 4.06. The molecule has 94 valence electrons. The van der Waals surface area contributed by atoms with E-state index < -0.39 is 0 Å². The highest BCUT2D eigenvalue weighted by Gasteiger charge is 2.05. The van der Waals surface area contributed by atoms with E-state index in [-0.39, 0.29) is 10.6 Å². The molecule has 0 aromatic heterocycles. The first-order chi connectivity index (χ1) is 7.70. The van der Waals surface area contributed by atoms with Crippen molar-refractivity contribution in [2.24, 2.45) is 0 Å². The molecular weight excluding hydrogens is 288 g/mol. The van der Waals surface area contributed by atoms with Crippen molar-refractivity contribution in [2.75, 3.05) is 24.7 Å². The number of hydrogen-bond donors (Lipinski definition) is 0. The Morgan fingerprint density at radius 2 is 1.25 bits per heavy atom. The zero-order chi connectivity index (χ0) is 12.2. The molecule has 0 fully saturated rings. The number of ether oxygens (including phenoxy) is 2. The average Bonchev–Trinajstić information content (AvgIpc) is 2.24. The summed E-state index contributed by atoms with van der Waals surface area (Å²) in [6.07, 6.45) is 0. The summed E-state index contributed by atoms with van der Waals surface area (Å²) in [6.45, 7) is 4.35. The van der Waals surface area contributed by atoms with Crippen LogP contribution in [0.2, 0.25) is 0 Å². The summed E-state index contributed by atoms with van der Waals surface area (Å²) >= 11 is 0. The molecule has 0 amide bonds. The van der Waals surface area contributed by atoms with Gasteiger partial charge in [0.1, 0.15) is 0 Å². The van der Waals surface area contributed by atoms with Crippen LogP contribution in [0, 0.1) is 0 Å². The lowest BCUT2D eigenvalue weighted by Crippen LogP contribution is -1.95. The summed E-state index contributed by atoms with van der Waals surface area (Å²) in [5.41, 5.74) is 0. The summed E-state index contributed by atoms with van der Waals surface area (Å²) in [6, 6.07) is 0. The van der Waals surface area contributed by atoms with Gasteiger partial charge in [-0.2, -0.15) is 0 Å². The molecule has 4 nitrogen and oxygen atoms in total. The van der Waals surface area contributed by atoms with E-state index >= 15 is 0 Å². The van der Waals surface area contributed by atoms with E-state index in [0.717, 1.165) is 33.1 Å². The third kappa shape index (κ3) is 10.8. The lowest BCUT2D eigenvalue weighted by Gasteiger charge is -2.01. The maximum atomic E-state index is 10.9. The van der Waals surface area contributed by atoms with Crippen LogP contribution in [-0.2, 0) is 9.47 Å². The fraction of sp³-hybridized carbons (Fsp3) is 0.750. The average molecular weight is 302 g/mol. The van der Waals surface area contributed by atoms with Crippen LogP contribution in [0.4, 0.5) is 9.59 Å². The van der Waals surface area contributed by atoms with Gasteiger partial charge in [-0.25, -0.2) is 9.59 Å². The Balaban J connectivity index is 3.21. The van der Waals surface area contributed by atoms with Gasteiger partial charge in [0.25, 0.3) is 0 Å². The molecule has 0 radical (unpaired) electrons. The summed E-state index contributed by atoms with van der Waals surface area (Å²) in [5, 5.41) is -0.536. The minimum Gasteiger partial charge on any atom is -0.457 e. The first kappa shape index (κ1) is 16.3. The second kappa shape index (κ2) is 11.8. The molecule has 0 saturated heterocycles. The molecule has 0 aliphatic rings. The number of carbonyl (C=O) groups excluding carboxylic acids is 2. The van der Waals surface area contributed by atoms with Gasteiger partial charge in [-0.15, -0.1) is 0 Å². The zero-order valence-corrected chi connectivity index (χ0v) is 12.4. The summed E-state index contributed by atoms with van der Waals surface area (Å²) in [4.78, 5) is 21.8. The number of rotatable bonds is 7. The minimum absolute atomic E-state index is 0.268. The van der Waals surface area contributed by atoms with Crippen molar-refractivity contribution in [3.05, 3.63) is 0 Å². The number of hydrogen-bond acceptors (Lipinski definition) is 8. The van der Waals surface area contributed by atoms with Crippen LogP contribution in [0.1, 0.15) is 13.8 Å². The first-order valence-corrected chi connectivity index (χ1v) is 9.26. The van der Waals surface area contributed by atoms with E-state index in [1.54, 1.807) is 13.8 Å². The van der Waals surface area contributed by atoms with Gasteiger partial charge >= 0.3 is 10.6 Å². The van der Waals surface area contributed by atoms with Crippen LogP contribution >= 0.6 is 43.2 Å². The van der Waals surface area contributed by atoms with E-state index in [0.29, 0.717) is 13.2 Å². The Bertz CT molecular complexity index is 190. The van der Waals surface area contributed by atoms with Gasteiger partial charge in [0.15, 0.2) is 0 Å². The Kier molecular flexibility index (Phi) is 12.1. The van der Waals surface area contributed by atoms with E-state index in [2.05, 4.69) is 0 Å². The van der Waals surface area contributed by atoms with Crippen molar-refractivity contribution in [1.82, 2.24) is 0 Å². The van der Waals surface area contributed by atoms with Gasteiger partial charge in [0.05, 0.1) is 13.2 Å². The highest BCUT2D eigenvalue weighted by molar-refractivity contribution is 8.83. The molecule has 16 heavy (non-hydrogen) atoms. The lowest BCUT2D eigenvalue weighted by atomic mass is 10.9. The van der Waals surface area contributed by atoms with E-state index in [1.165, 1.54) is 21.6 Å². The molecule has 0 atom stereocenters. The Hall–Kier alpha value is 0.340. The molecule has 0 heterocycles. The van der Waals surface area contributed by atoms with Crippen LogP contribution in [0.15, 0.2) is 0 Å². The number of carbonyl (C=O) groups is 2. The zero-order valence-electron chi connectivity index (χ0n) is 9.09. The van der Waals surface area contributed by atoms with Crippen LogP contribution in [0.25, 0.3) is 0 Å². The van der Waals surface area contributed by atoms with Crippen molar-refractivity contribution < 1.29 is 19.1 Å². The lowest BCUT2D eigenvalue weighted by molar-refractivity contribution is 0.181. The smallest absolute Gasteiger partial charge is 0.378 e. The Labute approximate surface area is 111 Å². The van der Waals surface area contributed by atoms with Crippen molar-refractivity contribution >= 4 is 53.8 Å². The minimum atomic E-state index is -0.268. The Morgan fingerprint density at radius 3 is 1.56 bits per heavy atom. The highest BCUT2D eigenvalue weighted by atomic mass is 33.1. The second-order valence-corrected chi connectivity index (χ2v) is 6.88. The van der Waals surface area contributed by atoms with Crippen LogP contribution in [0.3, 0.4) is 0 Å². The van der Waals surface area contributed by atoms with Crippen molar-refractivity contribution in [2.45, 2.75) is 13.8 Å². The largest absolute Gasteiger partial charge is 0.457 e. The van der Waals surface area contributed by atoms with Crippen molar-refractivity contribution in [1.29, 1.82) is 0 Å². The molecule has 0 aromatic rings. The van der Waals surface area contributed by atoms with Gasteiger partial charge in [0.2, 0.25) is 0 Å². The molecule has 0 aromatic carbocycles. The summed E-state index contributed by atoms with van der Waals surface area (Å²) < 4.78 is 9.47. The highest BCUT2D eigenvalue weighted by Crippen LogP contribution is 2.28. The Morgan fingerprint density at radius 1 is 0.875 bits per heavy atom.